The van der Waals surface area contributed by atoms with Crippen molar-refractivity contribution in [2.75, 3.05) is 13.2 Å². The van der Waals surface area contributed by atoms with Crippen LogP contribution in [0.2, 0.25) is 0 Å². The molecule has 0 aliphatic rings. The van der Waals surface area contributed by atoms with E-state index in [2.05, 4.69) is 6.92 Å². The molecule has 0 amide bonds. The number of hydrogen-bond acceptors (Lipinski definition) is 4. The van der Waals surface area contributed by atoms with Crippen molar-refractivity contribution in [2.24, 2.45) is 0 Å². The second-order valence-corrected chi connectivity index (χ2v) is 5.79. The quantitative estimate of drug-likeness (QED) is 0.500. The Kier molecular flexibility index (Phi) is 7.70. The van der Waals surface area contributed by atoms with E-state index in [0.717, 1.165) is 24.8 Å². The van der Waals surface area contributed by atoms with Gasteiger partial charge in [0.1, 0.15) is 0 Å². The molecule has 0 bridgehead atoms. The fourth-order valence-electron chi connectivity index (χ4n) is 2.33. The number of carbonyl (C=O) groups is 2. The van der Waals surface area contributed by atoms with Crippen LogP contribution in [0.4, 0.5) is 0 Å². The SMILES string of the molecule is CCCCCOC(=O)c1ccc(C(=O)OCCc2ccccc2)cc1. The molecule has 0 aromatic heterocycles. The maximum absolute atomic E-state index is 12.0. The number of rotatable bonds is 9. The average molecular weight is 340 g/mol. The van der Waals surface area contributed by atoms with Gasteiger partial charge in [-0.25, -0.2) is 9.59 Å². The van der Waals surface area contributed by atoms with E-state index in [1.54, 1.807) is 24.3 Å². The molecule has 132 valence electrons. The van der Waals surface area contributed by atoms with Gasteiger partial charge in [-0.15, -0.1) is 0 Å². The molecule has 0 atom stereocenters. The minimum atomic E-state index is -0.390. The molecule has 0 spiro atoms. The molecule has 2 rings (SSSR count). The molecular weight excluding hydrogens is 316 g/mol. The van der Waals surface area contributed by atoms with Crippen LogP contribution in [0.3, 0.4) is 0 Å². The summed E-state index contributed by atoms with van der Waals surface area (Å²) in [4.78, 5) is 23.9. The molecular formula is C21H24O4. The third-order valence-corrected chi connectivity index (χ3v) is 3.80. The van der Waals surface area contributed by atoms with Crippen LogP contribution in [0, 0.1) is 0 Å². The van der Waals surface area contributed by atoms with Crippen molar-refractivity contribution in [3.05, 3.63) is 71.3 Å². The molecule has 0 N–H and O–H groups in total. The first-order valence-electron chi connectivity index (χ1n) is 8.69. The van der Waals surface area contributed by atoms with Crippen molar-refractivity contribution < 1.29 is 19.1 Å². The fourth-order valence-corrected chi connectivity index (χ4v) is 2.33. The largest absolute Gasteiger partial charge is 0.462 e. The van der Waals surface area contributed by atoms with Crippen molar-refractivity contribution in [3.63, 3.8) is 0 Å². The van der Waals surface area contributed by atoms with Crippen molar-refractivity contribution in [1.82, 2.24) is 0 Å². The van der Waals surface area contributed by atoms with Crippen LogP contribution in [0.1, 0.15) is 52.5 Å². The molecule has 2 aromatic rings. The van der Waals surface area contributed by atoms with Gasteiger partial charge in [0.2, 0.25) is 0 Å². The zero-order chi connectivity index (χ0) is 17.9. The third-order valence-electron chi connectivity index (χ3n) is 3.80. The highest BCUT2D eigenvalue weighted by molar-refractivity contribution is 5.93. The molecule has 0 fully saturated rings. The minimum absolute atomic E-state index is 0.323. The smallest absolute Gasteiger partial charge is 0.338 e. The first-order valence-corrected chi connectivity index (χ1v) is 8.69. The lowest BCUT2D eigenvalue weighted by Gasteiger charge is -2.07. The van der Waals surface area contributed by atoms with E-state index in [4.69, 9.17) is 9.47 Å². The molecule has 0 saturated heterocycles. The van der Waals surface area contributed by atoms with Gasteiger partial charge in [0.25, 0.3) is 0 Å². The Morgan fingerprint density at radius 2 is 1.32 bits per heavy atom. The van der Waals surface area contributed by atoms with Crippen LogP contribution in [0.5, 0.6) is 0 Å². The number of unbranched alkanes of at least 4 members (excludes halogenated alkanes) is 2. The van der Waals surface area contributed by atoms with E-state index >= 15 is 0 Å². The van der Waals surface area contributed by atoms with Gasteiger partial charge in [-0.2, -0.15) is 0 Å². The van der Waals surface area contributed by atoms with E-state index in [1.165, 1.54) is 0 Å². The van der Waals surface area contributed by atoms with Gasteiger partial charge >= 0.3 is 11.9 Å². The molecule has 0 saturated carbocycles. The number of benzene rings is 2. The molecule has 2 aromatic carbocycles. The zero-order valence-electron chi connectivity index (χ0n) is 14.6. The Morgan fingerprint density at radius 1 is 0.760 bits per heavy atom. The zero-order valence-corrected chi connectivity index (χ0v) is 14.6. The highest BCUT2D eigenvalue weighted by Crippen LogP contribution is 2.09. The number of ether oxygens (including phenoxy) is 2. The molecule has 4 nitrogen and oxygen atoms in total. The number of esters is 2. The van der Waals surface area contributed by atoms with Crippen molar-refractivity contribution in [1.29, 1.82) is 0 Å². The van der Waals surface area contributed by atoms with Crippen LogP contribution in [-0.2, 0) is 15.9 Å². The Labute approximate surface area is 148 Å². The second-order valence-electron chi connectivity index (χ2n) is 5.79. The first-order chi connectivity index (χ1) is 12.2. The van der Waals surface area contributed by atoms with Gasteiger partial charge < -0.3 is 9.47 Å². The lowest BCUT2D eigenvalue weighted by molar-refractivity contribution is 0.0488. The lowest BCUT2D eigenvalue weighted by Crippen LogP contribution is -2.10. The molecule has 0 heterocycles. The summed E-state index contributed by atoms with van der Waals surface area (Å²) >= 11 is 0. The summed E-state index contributed by atoms with van der Waals surface area (Å²) in [7, 11) is 0. The summed E-state index contributed by atoms with van der Waals surface area (Å²) in [5, 5.41) is 0. The van der Waals surface area contributed by atoms with E-state index in [-0.39, 0.29) is 5.97 Å². The van der Waals surface area contributed by atoms with Crippen LogP contribution < -0.4 is 0 Å². The Balaban J connectivity index is 1.78. The summed E-state index contributed by atoms with van der Waals surface area (Å²) in [6.45, 7) is 2.85. The molecule has 4 heteroatoms. The predicted octanol–water partition coefficient (Wildman–Crippen LogP) is 4.43. The van der Waals surface area contributed by atoms with Crippen molar-refractivity contribution >= 4 is 11.9 Å². The average Bonchev–Trinajstić information content (AvgIpc) is 2.66. The van der Waals surface area contributed by atoms with Crippen LogP contribution >= 0.6 is 0 Å². The van der Waals surface area contributed by atoms with E-state index in [0.29, 0.717) is 30.8 Å². The Bertz CT molecular complexity index is 662. The summed E-state index contributed by atoms with van der Waals surface area (Å²) in [5.41, 5.74) is 1.99. The molecule has 0 unspecified atom stereocenters. The summed E-state index contributed by atoms with van der Waals surface area (Å²) in [6.07, 6.45) is 3.67. The molecule has 0 aliphatic heterocycles. The van der Waals surface area contributed by atoms with Crippen LogP contribution in [0.25, 0.3) is 0 Å². The van der Waals surface area contributed by atoms with Gasteiger partial charge in [0, 0.05) is 6.42 Å². The van der Waals surface area contributed by atoms with Gasteiger partial charge in [-0.05, 0) is 36.2 Å². The van der Waals surface area contributed by atoms with Gasteiger partial charge in [-0.3, -0.25) is 0 Å². The Morgan fingerprint density at radius 3 is 1.88 bits per heavy atom. The molecule has 0 aliphatic carbocycles. The van der Waals surface area contributed by atoms with Gasteiger partial charge in [-0.1, -0.05) is 50.1 Å². The fraction of sp³-hybridized carbons (Fsp3) is 0.333. The standard InChI is InChI=1S/C21H24O4/c1-2-3-7-15-24-20(22)18-10-12-19(13-11-18)21(23)25-16-14-17-8-5-4-6-9-17/h4-6,8-13H,2-3,7,14-16H2,1H3. The monoisotopic (exact) mass is 340 g/mol. The highest BCUT2D eigenvalue weighted by Gasteiger charge is 2.11. The highest BCUT2D eigenvalue weighted by atomic mass is 16.5. The normalized spacial score (nSPS) is 10.3. The lowest BCUT2D eigenvalue weighted by atomic mass is 10.1. The number of hydrogen-bond donors (Lipinski definition) is 0. The maximum Gasteiger partial charge on any atom is 0.338 e. The van der Waals surface area contributed by atoms with Crippen LogP contribution in [0.15, 0.2) is 54.6 Å². The molecule has 25 heavy (non-hydrogen) atoms. The van der Waals surface area contributed by atoms with Gasteiger partial charge in [0.15, 0.2) is 0 Å². The maximum atomic E-state index is 12.0. The first kappa shape index (κ1) is 18.7. The van der Waals surface area contributed by atoms with E-state index in [1.807, 2.05) is 30.3 Å². The minimum Gasteiger partial charge on any atom is -0.462 e. The summed E-state index contributed by atoms with van der Waals surface area (Å²) in [6, 6.07) is 16.2. The van der Waals surface area contributed by atoms with E-state index < -0.39 is 5.97 Å². The second kappa shape index (κ2) is 10.3. The number of carbonyl (C=O) groups excluding carboxylic acids is 2. The summed E-state index contributed by atoms with van der Waals surface area (Å²) in [5.74, 6) is -0.751. The van der Waals surface area contributed by atoms with E-state index in [9.17, 15) is 9.59 Å². The topological polar surface area (TPSA) is 52.6 Å². The van der Waals surface area contributed by atoms with Crippen LogP contribution in [-0.4, -0.2) is 25.2 Å². The Hall–Kier alpha value is -2.62. The third kappa shape index (κ3) is 6.42. The van der Waals surface area contributed by atoms with Crippen molar-refractivity contribution in [2.45, 2.75) is 32.6 Å². The summed E-state index contributed by atoms with van der Waals surface area (Å²) < 4.78 is 10.5. The molecule has 0 radical (unpaired) electrons. The van der Waals surface area contributed by atoms with Gasteiger partial charge in [0.05, 0.1) is 24.3 Å². The predicted molar refractivity (Wildman–Crippen MR) is 96.7 cm³/mol. The van der Waals surface area contributed by atoms with Crippen molar-refractivity contribution in [3.8, 4) is 0 Å².